The van der Waals surface area contributed by atoms with E-state index in [0.29, 0.717) is 10.7 Å². The predicted octanol–water partition coefficient (Wildman–Crippen LogP) is 4.89. The summed E-state index contributed by atoms with van der Waals surface area (Å²) in [7, 11) is 0. The first-order valence-corrected chi connectivity index (χ1v) is 10.4. The van der Waals surface area contributed by atoms with Gasteiger partial charge >= 0.3 is 0 Å². The van der Waals surface area contributed by atoms with Crippen LogP contribution >= 0.6 is 12.2 Å². The standard InChI is InChI=1S/C24H20FN5S/c1-16-15-17(10-11-18(16)25)30-23(22(28-24(30)31)19-7-2-4-12-26-19)20-8-6-14-29(20)21-9-3-5-13-27-21/h2-15,22-23H,1H3,(H,28,31). The van der Waals surface area contributed by atoms with Crippen molar-refractivity contribution < 1.29 is 4.39 Å². The van der Waals surface area contributed by atoms with Crippen LogP contribution in [0.3, 0.4) is 0 Å². The predicted molar refractivity (Wildman–Crippen MR) is 123 cm³/mol. The number of thiocarbonyl (C=S) groups is 1. The summed E-state index contributed by atoms with van der Waals surface area (Å²) in [5, 5.41) is 4.01. The van der Waals surface area contributed by atoms with E-state index in [2.05, 4.69) is 25.9 Å². The molecular formula is C24H20FN5S. The highest BCUT2D eigenvalue weighted by atomic mass is 32.1. The third kappa shape index (κ3) is 3.47. The largest absolute Gasteiger partial charge is 0.351 e. The number of nitrogens with one attached hydrogen (secondary N) is 1. The molecule has 2 unspecified atom stereocenters. The van der Waals surface area contributed by atoms with Gasteiger partial charge in [0.25, 0.3) is 0 Å². The summed E-state index contributed by atoms with van der Waals surface area (Å²) in [6.07, 6.45) is 5.54. The zero-order chi connectivity index (χ0) is 21.4. The summed E-state index contributed by atoms with van der Waals surface area (Å²) in [5.41, 5.74) is 3.28. The second-order valence-corrected chi connectivity index (χ2v) is 7.81. The normalized spacial score (nSPS) is 18.3. The van der Waals surface area contributed by atoms with Crippen molar-refractivity contribution in [2.24, 2.45) is 0 Å². The first kappa shape index (κ1) is 19.4. The maximum atomic E-state index is 14.0. The van der Waals surface area contributed by atoms with Gasteiger partial charge in [-0.1, -0.05) is 12.1 Å². The van der Waals surface area contributed by atoms with Crippen molar-refractivity contribution in [2.75, 3.05) is 4.90 Å². The van der Waals surface area contributed by atoms with Gasteiger partial charge in [0.1, 0.15) is 17.7 Å². The molecule has 0 aliphatic carbocycles. The van der Waals surface area contributed by atoms with Crippen molar-refractivity contribution in [3.05, 3.63) is 108 Å². The third-order valence-corrected chi connectivity index (χ3v) is 5.81. The van der Waals surface area contributed by atoms with Gasteiger partial charge in [0.15, 0.2) is 5.11 Å². The average molecular weight is 430 g/mol. The van der Waals surface area contributed by atoms with Gasteiger partial charge in [-0.15, -0.1) is 0 Å². The maximum absolute atomic E-state index is 14.0. The second kappa shape index (κ2) is 7.92. The van der Waals surface area contributed by atoms with Crippen LogP contribution in [-0.2, 0) is 0 Å². The molecule has 2 atom stereocenters. The highest BCUT2D eigenvalue weighted by Gasteiger charge is 2.42. The Morgan fingerprint density at radius 2 is 1.77 bits per heavy atom. The van der Waals surface area contributed by atoms with Crippen LogP contribution in [0.15, 0.2) is 85.3 Å². The summed E-state index contributed by atoms with van der Waals surface area (Å²) in [5.74, 6) is 0.576. The molecule has 1 saturated heterocycles. The van der Waals surface area contributed by atoms with Gasteiger partial charge in [0, 0.05) is 30.0 Å². The molecule has 3 aromatic heterocycles. The lowest BCUT2D eigenvalue weighted by atomic mass is 10.0. The van der Waals surface area contributed by atoms with Crippen LogP contribution < -0.4 is 10.2 Å². The number of aryl methyl sites for hydroxylation is 1. The van der Waals surface area contributed by atoms with Crippen LogP contribution in [0.25, 0.3) is 5.82 Å². The average Bonchev–Trinajstić information content (AvgIpc) is 3.41. The van der Waals surface area contributed by atoms with E-state index in [1.54, 1.807) is 25.4 Å². The summed E-state index contributed by atoms with van der Waals surface area (Å²) in [4.78, 5) is 11.1. The lowest BCUT2D eigenvalue weighted by molar-refractivity contribution is 0.548. The Morgan fingerprint density at radius 3 is 2.48 bits per heavy atom. The number of benzene rings is 1. The molecule has 5 rings (SSSR count). The van der Waals surface area contributed by atoms with Crippen molar-refractivity contribution in [3.63, 3.8) is 0 Å². The maximum Gasteiger partial charge on any atom is 0.174 e. The molecule has 1 fully saturated rings. The van der Waals surface area contributed by atoms with Crippen molar-refractivity contribution >= 4 is 23.0 Å². The highest BCUT2D eigenvalue weighted by molar-refractivity contribution is 7.80. The topological polar surface area (TPSA) is 46.0 Å². The second-order valence-electron chi connectivity index (χ2n) is 7.42. The van der Waals surface area contributed by atoms with Gasteiger partial charge in [-0.2, -0.15) is 0 Å². The van der Waals surface area contributed by atoms with Gasteiger partial charge in [0.2, 0.25) is 0 Å². The number of rotatable bonds is 4. The first-order valence-electron chi connectivity index (χ1n) is 9.99. The van der Waals surface area contributed by atoms with E-state index in [0.717, 1.165) is 22.9 Å². The number of anilines is 1. The van der Waals surface area contributed by atoms with Gasteiger partial charge < -0.3 is 14.8 Å². The molecule has 0 spiro atoms. The fraction of sp³-hybridized carbons (Fsp3) is 0.125. The fourth-order valence-electron chi connectivity index (χ4n) is 4.05. The number of hydrogen-bond donors (Lipinski definition) is 1. The van der Waals surface area contributed by atoms with Crippen molar-refractivity contribution in [1.29, 1.82) is 0 Å². The molecular weight excluding hydrogens is 409 g/mol. The SMILES string of the molecule is Cc1cc(N2C(=S)NC(c3ccccn3)C2c2cccn2-c2ccccn2)ccc1F. The lowest BCUT2D eigenvalue weighted by Gasteiger charge is -2.29. The molecule has 31 heavy (non-hydrogen) atoms. The molecule has 0 saturated carbocycles. The quantitative estimate of drug-likeness (QED) is 0.468. The summed E-state index contributed by atoms with van der Waals surface area (Å²) in [6.45, 7) is 1.76. The Balaban J connectivity index is 1.68. The van der Waals surface area contributed by atoms with Crippen molar-refractivity contribution in [3.8, 4) is 5.82 Å². The Morgan fingerprint density at radius 1 is 0.968 bits per heavy atom. The van der Waals surface area contributed by atoms with Gasteiger partial charge in [-0.05, 0) is 79.3 Å². The van der Waals surface area contributed by atoms with E-state index in [4.69, 9.17) is 12.2 Å². The highest BCUT2D eigenvalue weighted by Crippen LogP contribution is 2.42. The van der Waals surface area contributed by atoms with Crippen molar-refractivity contribution in [2.45, 2.75) is 19.0 Å². The smallest absolute Gasteiger partial charge is 0.174 e. The molecule has 0 amide bonds. The van der Waals surface area contributed by atoms with Gasteiger partial charge in [-0.25, -0.2) is 9.37 Å². The van der Waals surface area contributed by atoms with Crippen LogP contribution in [0, 0.1) is 12.7 Å². The number of aromatic nitrogens is 3. The van der Waals surface area contributed by atoms with E-state index in [1.807, 2.05) is 59.6 Å². The minimum absolute atomic E-state index is 0.184. The van der Waals surface area contributed by atoms with Crippen LogP contribution in [0.5, 0.6) is 0 Å². The minimum atomic E-state index is -0.239. The molecule has 154 valence electrons. The minimum Gasteiger partial charge on any atom is -0.351 e. The Bertz CT molecular complexity index is 1230. The number of pyridine rings is 2. The summed E-state index contributed by atoms with van der Waals surface area (Å²) < 4.78 is 16.0. The van der Waals surface area contributed by atoms with Gasteiger partial charge in [-0.3, -0.25) is 4.98 Å². The van der Waals surface area contributed by atoms with E-state index >= 15 is 0 Å². The molecule has 1 aliphatic heterocycles. The molecule has 1 N–H and O–H groups in total. The molecule has 0 bridgehead atoms. The molecule has 7 heteroatoms. The van der Waals surface area contributed by atoms with Crippen LogP contribution in [0.1, 0.15) is 29.0 Å². The molecule has 5 nitrogen and oxygen atoms in total. The monoisotopic (exact) mass is 429 g/mol. The van der Waals surface area contributed by atoms with Crippen LogP contribution in [0.2, 0.25) is 0 Å². The van der Waals surface area contributed by atoms with E-state index in [-0.39, 0.29) is 17.9 Å². The molecule has 0 radical (unpaired) electrons. The van der Waals surface area contributed by atoms with Crippen LogP contribution in [0.4, 0.5) is 10.1 Å². The first-order chi connectivity index (χ1) is 15.1. The number of halogens is 1. The van der Waals surface area contributed by atoms with Gasteiger partial charge in [0.05, 0.1) is 11.7 Å². The van der Waals surface area contributed by atoms with E-state index < -0.39 is 0 Å². The zero-order valence-electron chi connectivity index (χ0n) is 16.8. The van der Waals surface area contributed by atoms with E-state index in [1.165, 1.54) is 6.07 Å². The Hall–Kier alpha value is -3.58. The van der Waals surface area contributed by atoms with Crippen molar-refractivity contribution in [1.82, 2.24) is 19.9 Å². The lowest BCUT2D eigenvalue weighted by Crippen LogP contribution is -2.30. The molecule has 4 aromatic rings. The number of nitrogens with zero attached hydrogens (tertiary/aromatic N) is 4. The Kier molecular flexibility index (Phi) is 4.95. The Labute approximate surface area is 185 Å². The number of hydrogen-bond acceptors (Lipinski definition) is 3. The van der Waals surface area contributed by atoms with Crippen LogP contribution in [-0.4, -0.2) is 19.6 Å². The molecule has 1 aromatic carbocycles. The summed E-state index contributed by atoms with van der Waals surface area (Å²) >= 11 is 5.76. The summed E-state index contributed by atoms with van der Waals surface area (Å²) in [6, 6.07) is 20.4. The van der Waals surface area contributed by atoms with E-state index in [9.17, 15) is 4.39 Å². The third-order valence-electron chi connectivity index (χ3n) is 5.50. The molecule has 1 aliphatic rings. The fourth-order valence-corrected chi connectivity index (χ4v) is 4.40. The zero-order valence-corrected chi connectivity index (χ0v) is 17.6. The molecule has 4 heterocycles.